The molecule has 0 saturated heterocycles. The molecule has 2 rings (SSSR count). The molecule has 2 aromatic rings. The first-order chi connectivity index (χ1) is 12.1. The first kappa shape index (κ1) is 18.4. The van der Waals surface area contributed by atoms with Gasteiger partial charge in [-0.15, -0.1) is 0 Å². The maximum absolute atomic E-state index is 12.0. The molecule has 0 aliphatic rings. The van der Waals surface area contributed by atoms with E-state index in [9.17, 15) is 9.59 Å². The van der Waals surface area contributed by atoms with Crippen LogP contribution >= 0.6 is 0 Å². The number of hydrogen-bond acceptors (Lipinski definition) is 3. The highest BCUT2D eigenvalue weighted by atomic mass is 16.5. The summed E-state index contributed by atoms with van der Waals surface area (Å²) in [4.78, 5) is 23.4. The van der Waals surface area contributed by atoms with Gasteiger partial charge in [-0.05, 0) is 36.8 Å². The van der Waals surface area contributed by atoms with E-state index in [2.05, 4.69) is 10.6 Å². The van der Waals surface area contributed by atoms with Crippen LogP contribution in [0.1, 0.15) is 17.5 Å². The number of nitrogens with one attached hydrogen (secondary N) is 2. The molecule has 0 bridgehead atoms. The molecule has 0 radical (unpaired) electrons. The summed E-state index contributed by atoms with van der Waals surface area (Å²) in [5, 5.41) is 5.51. The van der Waals surface area contributed by atoms with Crippen LogP contribution in [0, 0.1) is 6.92 Å². The first-order valence-electron chi connectivity index (χ1n) is 7.99. The second-order valence-corrected chi connectivity index (χ2v) is 5.62. The Kier molecular flexibility index (Phi) is 6.92. The number of anilines is 2. The molecule has 25 heavy (non-hydrogen) atoms. The summed E-state index contributed by atoms with van der Waals surface area (Å²) >= 11 is 0. The van der Waals surface area contributed by atoms with Crippen LogP contribution < -0.4 is 10.6 Å². The van der Waals surface area contributed by atoms with Crippen LogP contribution in [-0.4, -0.2) is 25.5 Å². The number of amides is 2. The summed E-state index contributed by atoms with van der Waals surface area (Å²) in [5.74, 6) is -0.319. The third-order valence-electron chi connectivity index (χ3n) is 3.42. The minimum Gasteiger partial charge on any atom is -0.375 e. The fourth-order valence-electron chi connectivity index (χ4n) is 2.16. The van der Waals surface area contributed by atoms with E-state index in [1.165, 1.54) is 12.7 Å². The monoisotopic (exact) mass is 338 g/mol. The van der Waals surface area contributed by atoms with Gasteiger partial charge in [-0.25, -0.2) is 0 Å². The van der Waals surface area contributed by atoms with Crippen molar-refractivity contribution in [2.45, 2.75) is 13.3 Å². The third-order valence-corrected chi connectivity index (χ3v) is 3.42. The number of aryl methyl sites for hydroxylation is 1. The number of hydrogen-bond donors (Lipinski definition) is 2. The zero-order valence-corrected chi connectivity index (χ0v) is 14.4. The Labute approximate surface area is 147 Å². The van der Waals surface area contributed by atoms with E-state index in [1.807, 2.05) is 43.3 Å². The van der Waals surface area contributed by atoms with Crippen LogP contribution in [0.3, 0.4) is 0 Å². The summed E-state index contributed by atoms with van der Waals surface area (Å²) in [5.41, 5.74) is 3.60. The Hall–Kier alpha value is -2.92. The second-order valence-electron chi connectivity index (χ2n) is 5.62. The molecule has 5 nitrogen and oxygen atoms in total. The highest BCUT2D eigenvalue weighted by Crippen LogP contribution is 2.14. The summed E-state index contributed by atoms with van der Waals surface area (Å²) < 4.78 is 4.75. The lowest BCUT2D eigenvalue weighted by Gasteiger charge is -2.07. The second kappa shape index (κ2) is 9.39. The van der Waals surface area contributed by atoms with Gasteiger partial charge < -0.3 is 15.4 Å². The quantitative estimate of drug-likeness (QED) is 0.810. The Morgan fingerprint density at radius 1 is 0.920 bits per heavy atom. The molecule has 0 spiro atoms. The molecule has 0 aliphatic carbocycles. The van der Waals surface area contributed by atoms with Crippen molar-refractivity contribution in [2.75, 3.05) is 24.4 Å². The van der Waals surface area contributed by atoms with Crippen LogP contribution in [0.4, 0.5) is 11.4 Å². The zero-order valence-electron chi connectivity index (χ0n) is 14.4. The highest BCUT2D eigenvalue weighted by Gasteiger charge is 2.03. The fraction of sp³-hybridized carbons (Fsp3) is 0.200. The number of benzene rings is 2. The molecule has 0 aliphatic heterocycles. The predicted octanol–water partition coefficient (Wildman–Crippen LogP) is 3.62. The van der Waals surface area contributed by atoms with Crippen molar-refractivity contribution in [1.82, 2.24) is 0 Å². The molecular weight excluding hydrogens is 316 g/mol. The SMILES string of the molecule is COCC(=O)Nc1ccc(NC(=O)CC=Cc2ccc(C)cc2)cc1. The zero-order chi connectivity index (χ0) is 18.1. The van der Waals surface area contributed by atoms with Gasteiger partial charge in [-0.1, -0.05) is 42.0 Å². The van der Waals surface area contributed by atoms with Crippen molar-refractivity contribution in [1.29, 1.82) is 0 Å². The van der Waals surface area contributed by atoms with Crippen molar-refractivity contribution in [3.05, 3.63) is 65.7 Å². The van der Waals surface area contributed by atoms with Crippen LogP contribution in [0.5, 0.6) is 0 Å². The molecule has 2 amide bonds. The van der Waals surface area contributed by atoms with Crippen molar-refractivity contribution >= 4 is 29.3 Å². The summed E-state index contributed by atoms with van der Waals surface area (Å²) in [6.07, 6.45) is 4.05. The molecule has 0 unspecified atom stereocenters. The molecule has 0 saturated carbocycles. The van der Waals surface area contributed by atoms with Gasteiger partial charge in [-0.2, -0.15) is 0 Å². The van der Waals surface area contributed by atoms with Gasteiger partial charge in [0.2, 0.25) is 11.8 Å². The van der Waals surface area contributed by atoms with Gasteiger partial charge in [-0.3, -0.25) is 9.59 Å². The number of rotatable bonds is 7. The fourth-order valence-corrected chi connectivity index (χ4v) is 2.16. The molecule has 2 aromatic carbocycles. The average Bonchev–Trinajstić information content (AvgIpc) is 2.59. The maximum Gasteiger partial charge on any atom is 0.250 e. The van der Waals surface area contributed by atoms with Crippen molar-refractivity contribution in [2.24, 2.45) is 0 Å². The van der Waals surface area contributed by atoms with E-state index in [4.69, 9.17) is 4.74 Å². The Balaban J connectivity index is 1.81. The van der Waals surface area contributed by atoms with Gasteiger partial charge >= 0.3 is 0 Å². The maximum atomic E-state index is 12.0. The van der Waals surface area contributed by atoms with Crippen molar-refractivity contribution < 1.29 is 14.3 Å². The van der Waals surface area contributed by atoms with E-state index < -0.39 is 0 Å². The van der Waals surface area contributed by atoms with Crippen LogP contribution in [0.15, 0.2) is 54.6 Å². The predicted molar refractivity (Wildman–Crippen MR) is 100 cm³/mol. The third kappa shape index (κ3) is 6.61. The number of carbonyl (C=O) groups is 2. The average molecular weight is 338 g/mol. The Morgan fingerprint density at radius 2 is 1.48 bits per heavy atom. The summed E-state index contributed by atoms with van der Waals surface area (Å²) in [6.45, 7) is 2.04. The molecular formula is C20H22N2O3. The van der Waals surface area contributed by atoms with E-state index in [1.54, 1.807) is 24.3 Å². The summed E-state index contributed by atoms with van der Waals surface area (Å²) in [7, 11) is 1.46. The number of carbonyl (C=O) groups excluding carboxylic acids is 2. The molecule has 130 valence electrons. The topological polar surface area (TPSA) is 67.4 Å². The molecule has 5 heteroatoms. The van der Waals surface area contributed by atoms with Gasteiger partial charge in [0.1, 0.15) is 6.61 Å². The van der Waals surface area contributed by atoms with Gasteiger partial charge in [0.15, 0.2) is 0 Å². The lowest BCUT2D eigenvalue weighted by atomic mass is 10.1. The largest absolute Gasteiger partial charge is 0.375 e. The van der Waals surface area contributed by atoms with Gasteiger partial charge in [0.05, 0.1) is 0 Å². The molecule has 0 aromatic heterocycles. The molecule has 0 fully saturated rings. The van der Waals surface area contributed by atoms with E-state index >= 15 is 0 Å². The molecule has 0 atom stereocenters. The molecule has 0 heterocycles. The smallest absolute Gasteiger partial charge is 0.250 e. The summed E-state index contributed by atoms with van der Waals surface area (Å²) in [6, 6.07) is 15.0. The standard InChI is InChI=1S/C20H22N2O3/c1-15-6-8-16(9-7-15)4-3-5-19(23)21-17-10-12-18(13-11-17)22-20(24)14-25-2/h3-4,6-13H,5,14H2,1-2H3,(H,21,23)(H,22,24). The van der Waals surface area contributed by atoms with E-state index in [0.717, 1.165) is 5.56 Å². The van der Waals surface area contributed by atoms with Crippen LogP contribution in [0.2, 0.25) is 0 Å². The van der Waals surface area contributed by atoms with Crippen molar-refractivity contribution in [3.8, 4) is 0 Å². The van der Waals surface area contributed by atoms with E-state index in [-0.39, 0.29) is 18.4 Å². The first-order valence-corrected chi connectivity index (χ1v) is 7.99. The Morgan fingerprint density at radius 3 is 2.04 bits per heavy atom. The minimum absolute atomic E-state index is 0.00576. The van der Waals surface area contributed by atoms with Gasteiger partial charge in [0, 0.05) is 24.9 Å². The molecule has 2 N–H and O–H groups in total. The number of ether oxygens (including phenoxy) is 1. The van der Waals surface area contributed by atoms with Crippen molar-refractivity contribution in [3.63, 3.8) is 0 Å². The van der Waals surface area contributed by atoms with Crippen LogP contribution in [-0.2, 0) is 14.3 Å². The lowest BCUT2D eigenvalue weighted by Crippen LogP contribution is -2.17. The van der Waals surface area contributed by atoms with Gasteiger partial charge in [0.25, 0.3) is 0 Å². The Bertz CT molecular complexity index is 735. The number of methoxy groups -OCH3 is 1. The van der Waals surface area contributed by atoms with Crippen LogP contribution in [0.25, 0.3) is 6.08 Å². The highest BCUT2D eigenvalue weighted by molar-refractivity contribution is 5.94. The minimum atomic E-state index is -0.222. The lowest BCUT2D eigenvalue weighted by molar-refractivity contribution is -0.119. The van der Waals surface area contributed by atoms with E-state index in [0.29, 0.717) is 17.8 Å². The normalized spacial score (nSPS) is 10.6.